The quantitative estimate of drug-likeness (QED) is 0.278. The Morgan fingerprint density at radius 1 is 1.05 bits per heavy atom. The van der Waals surface area contributed by atoms with Gasteiger partial charge in [-0.2, -0.15) is 5.26 Å². The third-order valence-electron chi connectivity index (χ3n) is 6.48. The maximum atomic E-state index is 13.6. The van der Waals surface area contributed by atoms with Crippen LogP contribution in [0.25, 0.3) is 11.1 Å². The number of ketones is 1. The van der Waals surface area contributed by atoms with Crippen molar-refractivity contribution >= 4 is 23.4 Å². The molecule has 8 nitrogen and oxygen atoms in total. The van der Waals surface area contributed by atoms with Gasteiger partial charge < -0.3 is 18.8 Å². The molecular formula is C30H31ClN2O6. The number of pyridine rings is 1. The van der Waals surface area contributed by atoms with Crippen LogP contribution >= 0.6 is 11.6 Å². The first-order valence-corrected chi connectivity index (χ1v) is 13.0. The summed E-state index contributed by atoms with van der Waals surface area (Å²) in [6.07, 6.45) is 2.19. The van der Waals surface area contributed by atoms with Gasteiger partial charge in [0.05, 0.1) is 49.3 Å². The van der Waals surface area contributed by atoms with E-state index >= 15 is 0 Å². The van der Waals surface area contributed by atoms with Crippen LogP contribution in [0.15, 0.2) is 59.5 Å². The molecule has 0 saturated heterocycles. The number of rotatable bonds is 12. The summed E-state index contributed by atoms with van der Waals surface area (Å²) in [5, 5.41) is 9.99. The number of carbonyl (C=O) groups is 2. The number of hydrogen-bond acceptors (Lipinski definition) is 7. The van der Waals surface area contributed by atoms with E-state index in [-0.39, 0.29) is 31.3 Å². The number of aromatic nitrogens is 1. The van der Waals surface area contributed by atoms with Crippen molar-refractivity contribution < 1.29 is 23.8 Å². The zero-order chi connectivity index (χ0) is 28.5. The van der Waals surface area contributed by atoms with E-state index in [4.69, 9.17) is 25.8 Å². The van der Waals surface area contributed by atoms with Crippen LogP contribution in [0.1, 0.15) is 54.2 Å². The number of ether oxygens (including phenoxy) is 3. The molecule has 0 aliphatic carbocycles. The van der Waals surface area contributed by atoms with E-state index in [0.717, 1.165) is 0 Å². The van der Waals surface area contributed by atoms with Crippen molar-refractivity contribution in [3.8, 4) is 22.9 Å². The van der Waals surface area contributed by atoms with Crippen molar-refractivity contribution in [3.63, 3.8) is 0 Å². The maximum absolute atomic E-state index is 13.6. The molecule has 0 saturated carbocycles. The van der Waals surface area contributed by atoms with Crippen LogP contribution in [0.3, 0.4) is 0 Å². The molecule has 39 heavy (non-hydrogen) atoms. The highest BCUT2D eigenvalue weighted by molar-refractivity contribution is 6.31. The molecular weight excluding hydrogens is 520 g/mol. The van der Waals surface area contributed by atoms with Crippen molar-refractivity contribution in [1.82, 2.24) is 4.57 Å². The molecule has 9 heteroatoms. The fourth-order valence-corrected chi connectivity index (χ4v) is 4.53. The Labute approximate surface area is 232 Å². The molecule has 0 bridgehead atoms. The highest BCUT2D eigenvalue weighted by Gasteiger charge is 2.27. The molecule has 0 aliphatic heterocycles. The lowest BCUT2D eigenvalue weighted by molar-refractivity contribution is -0.122. The summed E-state index contributed by atoms with van der Waals surface area (Å²) in [4.78, 5) is 39.1. The predicted octanol–water partition coefficient (Wildman–Crippen LogP) is 5.39. The third kappa shape index (κ3) is 7.14. The number of nitriles is 1. The Morgan fingerprint density at radius 2 is 1.77 bits per heavy atom. The first-order valence-electron chi connectivity index (χ1n) is 12.6. The molecule has 2 aromatic carbocycles. The van der Waals surface area contributed by atoms with Gasteiger partial charge in [0.25, 0.3) is 5.56 Å². The van der Waals surface area contributed by atoms with Gasteiger partial charge >= 0.3 is 5.97 Å². The zero-order valence-corrected chi connectivity index (χ0v) is 23.2. The van der Waals surface area contributed by atoms with Crippen LogP contribution in [0.5, 0.6) is 5.75 Å². The van der Waals surface area contributed by atoms with Crippen molar-refractivity contribution in [2.45, 2.75) is 45.3 Å². The first kappa shape index (κ1) is 29.6. The average Bonchev–Trinajstić information content (AvgIpc) is 2.94. The van der Waals surface area contributed by atoms with Crippen molar-refractivity contribution in [3.05, 3.63) is 86.8 Å². The Kier molecular flexibility index (Phi) is 10.4. The van der Waals surface area contributed by atoms with Gasteiger partial charge in [0.15, 0.2) is 5.78 Å². The lowest BCUT2D eigenvalue weighted by atomic mass is 9.96. The lowest BCUT2D eigenvalue weighted by Gasteiger charge is -2.24. The number of carbonyl (C=O) groups excluding carboxylic acids is 2. The SMILES string of the molecule is CCOC(=O)c1ccc(CC(=O)C(CC(CC)OC)n2cc(OC)c(-c3cc(Cl)ccc3C#N)cc2=O)cc1. The van der Waals surface area contributed by atoms with Crippen LogP contribution in [-0.4, -0.2) is 43.3 Å². The third-order valence-corrected chi connectivity index (χ3v) is 6.72. The van der Waals surface area contributed by atoms with Crippen LogP contribution in [0.2, 0.25) is 5.02 Å². The van der Waals surface area contributed by atoms with Crippen LogP contribution in [0.4, 0.5) is 0 Å². The fraction of sp³-hybridized carbons (Fsp3) is 0.333. The molecule has 0 N–H and O–H groups in total. The molecule has 2 unspecified atom stereocenters. The molecule has 0 fully saturated rings. The molecule has 1 heterocycles. The average molecular weight is 551 g/mol. The predicted molar refractivity (Wildman–Crippen MR) is 148 cm³/mol. The largest absolute Gasteiger partial charge is 0.495 e. The normalized spacial score (nSPS) is 12.3. The van der Waals surface area contributed by atoms with Gasteiger partial charge in [0.2, 0.25) is 0 Å². The maximum Gasteiger partial charge on any atom is 0.338 e. The van der Waals surface area contributed by atoms with E-state index < -0.39 is 17.6 Å². The molecule has 3 rings (SSSR count). The molecule has 0 amide bonds. The van der Waals surface area contributed by atoms with Crippen molar-refractivity contribution in [2.75, 3.05) is 20.8 Å². The number of benzene rings is 2. The van der Waals surface area contributed by atoms with Gasteiger partial charge in [0, 0.05) is 42.2 Å². The first-order chi connectivity index (χ1) is 18.8. The Bertz CT molecular complexity index is 1420. The van der Waals surface area contributed by atoms with Gasteiger partial charge in [0.1, 0.15) is 5.75 Å². The Balaban J connectivity index is 2.03. The summed E-state index contributed by atoms with van der Waals surface area (Å²) in [6, 6.07) is 14.0. The molecule has 0 radical (unpaired) electrons. The van der Waals surface area contributed by atoms with E-state index in [1.54, 1.807) is 56.5 Å². The minimum absolute atomic E-state index is 0.0390. The summed E-state index contributed by atoms with van der Waals surface area (Å²) < 4.78 is 17.5. The Morgan fingerprint density at radius 3 is 2.36 bits per heavy atom. The monoisotopic (exact) mass is 550 g/mol. The second kappa shape index (κ2) is 13.7. The van der Waals surface area contributed by atoms with E-state index in [2.05, 4.69) is 6.07 Å². The topological polar surface area (TPSA) is 108 Å². The van der Waals surface area contributed by atoms with E-state index in [1.165, 1.54) is 23.9 Å². The minimum Gasteiger partial charge on any atom is -0.495 e. The van der Waals surface area contributed by atoms with E-state index in [1.807, 2.05) is 6.92 Å². The van der Waals surface area contributed by atoms with Gasteiger partial charge in [-0.05, 0) is 49.2 Å². The molecule has 3 aromatic rings. The number of Topliss-reactive ketones (excluding diaryl/α,β-unsaturated/α-hetero) is 1. The van der Waals surface area contributed by atoms with E-state index in [0.29, 0.717) is 45.0 Å². The summed E-state index contributed by atoms with van der Waals surface area (Å²) in [5.41, 5.74) is 1.84. The number of methoxy groups -OCH3 is 2. The van der Waals surface area contributed by atoms with Gasteiger partial charge in [-0.3, -0.25) is 9.59 Å². The highest BCUT2D eigenvalue weighted by Crippen LogP contribution is 2.34. The molecule has 1 aromatic heterocycles. The van der Waals surface area contributed by atoms with Crippen molar-refractivity contribution in [2.24, 2.45) is 0 Å². The molecule has 0 spiro atoms. The van der Waals surface area contributed by atoms with Gasteiger partial charge in [-0.15, -0.1) is 0 Å². The number of hydrogen-bond donors (Lipinski definition) is 0. The summed E-state index contributed by atoms with van der Waals surface area (Å²) >= 11 is 6.17. The fourth-order valence-electron chi connectivity index (χ4n) is 4.35. The summed E-state index contributed by atoms with van der Waals surface area (Å²) in [5.74, 6) is -0.320. The summed E-state index contributed by atoms with van der Waals surface area (Å²) in [7, 11) is 3.02. The van der Waals surface area contributed by atoms with Crippen molar-refractivity contribution in [1.29, 1.82) is 5.26 Å². The molecule has 2 atom stereocenters. The second-order valence-corrected chi connectivity index (χ2v) is 9.32. The van der Waals surface area contributed by atoms with Crippen LogP contribution < -0.4 is 10.3 Å². The standard InChI is InChI=1S/C30H31ClN2O6/c1-5-23(37-3)15-26(27(34)13-19-7-9-20(10-8-19)30(36)39-6-2)33-18-28(38-4)25(16-29(33)35)24-14-22(31)12-11-21(24)17-32/h7-12,14,16,18,23,26H,5-6,13,15H2,1-4H3. The second-order valence-electron chi connectivity index (χ2n) is 8.88. The lowest BCUT2D eigenvalue weighted by Crippen LogP contribution is -2.33. The summed E-state index contributed by atoms with van der Waals surface area (Å²) in [6.45, 7) is 3.94. The molecule has 204 valence electrons. The number of esters is 1. The van der Waals surface area contributed by atoms with E-state index in [9.17, 15) is 19.6 Å². The highest BCUT2D eigenvalue weighted by atomic mass is 35.5. The molecule has 0 aliphatic rings. The minimum atomic E-state index is -0.843. The number of nitrogens with zero attached hydrogens (tertiary/aromatic N) is 2. The van der Waals surface area contributed by atoms with Crippen LogP contribution in [-0.2, 0) is 20.7 Å². The van der Waals surface area contributed by atoms with Crippen LogP contribution in [0, 0.1) is 11.3 Å². The van der Waals surface area contributed by atoms with Gasteiger partial charge in [-0.1, -0.05) is 30.7 Å². The number of halogens is 1. The zero-order valence-electron chi connectivity index (χ0n) is 22.4. The van der Waals surface area contributed by atoms with Gasteiger partial charge in [-0.25, -0.2) is 4.79 Å². The smallest absolute Gasteiger partial charge is 0.338 e. The Hall–Kier alpha value is -3.93.